The number of benzene rings is 3. The van der Waals surface area contributed by atoms with Crippen LogP contribution in [0.1, 0.15) is 34.0 Å². The minimum Gasteiger partial charge on any atom is -0.357 e. The van der Waals surface area contributed by atoms with E-state index < -0.39 is 16.1 Å². The topological polar surface area (TPSA) is 53.2 Å². The van der Waals surface area contributed by atoms with Crippen molar-refractivity contribution in [3.05, 3.63) is 94.7 Å². The number of fused-ring (bicyclic) bond motifs is 3. The second kappa shape index (κ2) is 8.10. The van der Waals surface area contributed by atoms with E-state index in [1.165, 1.54) is 10.9 Å². The molecule has 4 aromatic rings. The highest BCUT2D eigenvalue weighted by atomic mass is 32.2. The maximum Gasteiger partial charge on any atom is 0.244 e. The number of sulfonamides is 1. The van der Waals surface area contributed by atoms with Gasteiger partial charge in [-0.25, -0.2) is 8.42 Å². The number of rotatable bonds is 4. The molecule has 0 spiro atoms. The molecule has 2 heterocycles. The molecule has 6 heteroatoms. The van der Waals surface area contributed by atoms with Crippen LogP contribution in [0.4, 0.5) is 0 Å². The number of para-hydroxylation sites is 1. The minimum absolute atomic E-state index is 0.353. The van der Waals surface area contributed by atoms with Crippen LogP contribution in [0.25, 0.3) is 10.9 Å². The van der Waals surface area contributed by atoms with Crippen LogP contribution < -0.4 is 0 Å². The number of nitrogens with one attached hydrogen (secondary N) is 1. The van der Waals surface area contributed by atoms with Gasteiger partial charge in [0.1, 0.15) is 0 Å². The molecule has 0 fully saturated rings. The number of aromatic nitrogens is 1. The van der Waals surface area contributed by atoms with E-state index >= 15 is 0 Å². The van der Waals surface area contributed by atoms with Crippen LogP contribution in [-0.4, -0.2) is 30.5 Å². The zero-order valence-corrected chi connectivity index (χ0v) is 20.1. The second-order valence-electron chi connectivity index (χ2n) is 8.35. The van der Waals surface area contributed by atoms with Gasteiger partial charge in [-0.1, -0.05) is 36.4 Å². The fraction of sp³-hybridized carbons (Fsp3) is 0.231. The van der Waals surface area contributed by atoms with Crippen LogP contribution in [0.3, 0.4) is 0 Å². The van der Waals surface area contributed by atoms with Gasteiger partial charge in [0.05, 0.1) is 10.9 Å². The second-order valence-corrected chi connectivity index (χ2v) is 11.1. The molecule has 164 valence electrons. The van der Waals surface area contributed by atoms with Crippen LogP contribution in [-0.2, 0) is 16.4 Å². The summed E-state index contributed by atoms with van der Waals surface area (Å²) in [6, 6.07) is 21.5. The average molecular weight is 463 g/mol. The molecule has 1 aliphatic rings. The lowest BCUT2D eigenvalue weighted by Gasteiger charge is -2.35. The molecule has 1 N–H and O–H groups in total. The van der Waals surface area contributed by atoms with Crippen molar-refractivity contribution in [3.8, 4) is 0 Å². The molecule has 0 radical (unpaired) electrons. The molecule has 32 heavy (non-hydrogen) atoms. The van der Waals surface area contributed by atoms with Crippen LogP contribution in [0.5, 0.6) is 0 Å². The van der Waals surface area contributed by atoms with Gasteiger partial charge < -0.3 is 4.98 Å². The predicted octanol–water partition coefficient (Wildman–Crippen LogP) is 5.84. The van der Waals surface area contributed by atoms with Crippen LogP contribution in [0, 0.1) is 13.8 Å². The predicted molar refractivity (Wildman–Crippen MR) is 132 cm³/mol. The van der Waals surface area contributed by atoms with Crippen LogP contribution in [0.2, 0.25) is 0 Å². The zero-order chi connectivity index (χ0) is 22.5. The molecule has 0 bridgehead atoms. The molecular formula is C26H26N2O2S2. The molecule has 4 nitrogen and oxygen atoms in total. The Bertz CT molecular complexity index is 1410. The highest BCUT2D eigenvalue weighted by Gasteiger charge is 2.39. The largest absolute Gasteiger partial charge is 0.357 e. The lowest BCUT2D eigenvalue weighted by molar-refractivity contribution is 0.340. The molecule has 3 aromatic carbocycles. The molecule has 1 aromatic heterocycles. The number of hydrogen-bond acceptors (Lipinski definition) is 3. The van der Waals surface area contributed by atoms with Gasteiger partial charge in [-0.05, 0) is 79.1 Å². The van der Waals surface area contributed by atoms with Gasteiger partial charge in [0, 0.05) is 28.0 Å². The Kier molecular flexibility index (Phi) is 5.40. The monoisotopic (exact) mass is 462 g/mol. The van der Waals surface area contributed by atoms with E-state index in [0.29, 0.717) is 17.9 Å². The van der Waals surface area contributed by atoms with Crippen molar-refractivity contribution in [2.45, 2.75) is 36.1 Å². The van der Waals surface area contributed by atoms with Gasteiger partial charge in [-0.2, -0.15) is 4.31 Å². The first kappa shape index (κ1) is 21.3. The quantitative estimate of drug-likeness (QED) is 0.388. The molecule has 0 saturated carbocycles. The summed E-state index contributed by atoms with van der Waals surface area (Å²) >= 11 is 1.68. The van der Waals surface area contributed by atoms with E-state index in [1.807, 2.05) is 38.3 Å². The van der Waals surface area contributed by atoms with E-state index in [1.54, 1.807) is 28.2 Å². The minimum atomic E-state index is -3.69. The van der Waals surface area contributed by atoms with Gasteiger partial charge in [0.25, 0.3) is 0 Å². The Labute approximate surface area is 193 Å². The molecule has 1 aliphatic heterocycles. The molecule has 1 unspecified atom stereocenters. The van der Waals surface area contributed by atoms with Gasteiger partial charge in [0.15, 0.2) is 0 Å². The van der Waals surface area contributed by atoms with Gasteiger partial charge in [-0.3, -0.25) is 0 Å². The first-order valence-electron chi connectivity index (χ1n) is 10.7. The number of aromatic amines is 1. The third kappa shape index (κ3) is 3.47. The van der Waals surface area contributed by atoms with Crippen molar-refractivity contribution in [1.29, 1.82) is 0 Å². The van der Waals surface area contributed by atoms with E-state index in [9.17, 15) is 8.42 Å². The number of nitrogens with zero attached hydrogens (tertiary/aromatic N) is 1. The summed E-state index contributed by atoms with van der Waals surface area (Å²) < 4.78 is 29.5. The summed E-state index contributed by atoms with van der Waals surface area (Å²) in [5.41, 5.74) is 6.28. The lowest BCUT2D eigenvalue weighted by Crippen LogP contribution is -2.40. The first-order chi connectivity index (χ1) is 15.4. The summed E-state index contributed by atoms with van der Waals surface area (Å²) in [5.74, 6) is 0. The smallest absolute Gasteiger partial charge is 0.244 e. The Hall–Kier alpha value is -2.54. The van der Waals surface area contributed by atoms with Crippen molar-refractivity contribution in [3.63, 3.8) is 0 Å². The normalized spacial score (nSPS) is 16.9. The third-order valence-corrected chi connectivity index (χ3v) is 9.11. The lowest BCUT2D eigenvalue weighted by atomic mass is 9.94. The van der Waals surface area contributed by atoms with E-state index in [0.717, 1.165) is 32.8 Å². The molecular weight excluding hydrogens is 436 g/mol. The summed E-state index contributed by atoms with van der Waals surface area (Å²) in [6.07, 6.45) is 2.73. The Morgan fingerprint density at radius 2 is 1.72 bits per heavy atom. The summed E-state index contributed by atoms with van der Waals surface area (Å²) in [4.78, 5) is 5.07. The maximum absolute atomic E-state index is 13.9. The molecule has 5 rings (SSSR count). The number of H-pyrrole nitrogens is 1. The van der Waals surface area contributed by atoms with Gasteiger partial charge >= 0.3 is 0 Å². The third-order valence-electron chi connectivity index (χ3n) is 6.51. The van der Waals surface area contributed by atoms with Crippen molar-refractivity contribution < 1.29 is 8.42 Å². The maximum atomic E-state index is 13.9. The SMILES string of the molecule is CSc1ccc(C2c3[nH]c4ccccc4c3CCN2S(=O)(=O)c2ccc(C)c(C)c2)cc1. The number of aryl methyl sites for hydroxylation is 2. The fourth-order valence-electron chi connectivity index (χ4n) is 4.61. The Morgan fingerprint density at radius 1 is 0.969 bits per heavy atom. The summed E-state index contributed by atoms with van der Waals surface area (Å²) in [5, 5.41) is 1.18. The average Bonchev–Trinajstić information content (AvgIpc) is 3.19. The van der Waals surface area contributed by atoms with E-state index in [2.05, 4.69) is 41.4 Å². The molecule has 1 atom stereocenters. The van der Waals surface area contributed by atoms with Crippen molar-refractivity contribution in [2.75, 3.05) is 12.8 Å². The standard InChI is InChI=1S/C26H26N2O2S2/c1-17-8-13-21(16-18(17)2)32(29,30)28-15-14-23-22-6-4-5-7-24(22)27-25(23)26(28)19-9-11-20(31-3)12-10-19/h4-13,16,26-27H,14-15H2,1-3H3. The Balaban J connectivity index is 1.69. The molecule has 0 saturated heterocycles. The summed E-state index contributed by atoms with van der Waals surface area (Å²) in [6.45, 7) is 4.40. The molecule has 0 amide bonds. The van der Waals surface area contributed by atoms with Crippen LogP contribution >= 0.6 is 11.8 Å². The van der Waals surface area contributed by atoms with Crippen molar-refractivity contribution >= 4 is 32.7 Å². The fourth-order valence-corrected chi connectivity index (χ4v) is 6.69. The van der Waals surface area contributed by atoms with Gasteiger partial charge in [0.2, 0.25) is 10.0 Å². The van der Waals surface area contributed by atoms with E-state index in [-0.39, 0.29) is 0 Å². The van der Waals surface area contributed by atoms with E-state index in [4.69, 9.17) is 0 Å². The van der Waals surface area contributed by atoms with Crippen molar-refractivity contribution in [2.24, 2.45) is 0 Å². The number of hydrogen-bond donors (Lipinski definition) is 1. The first-order valence-corrected chi connectivity index (χ1v) is 13.4. The summed E-state index contributed by atoms with van der Waals surface area (Å²) in [7, 11) is -3.69. The highest BCUT2D eigenvalue weighted by Crippen LogP contribution is 2.41. The Morgan fingerprint density at radius 3 is 2.44 bits per heavy atom. The van der Waals surface area contributed by atoms with Crippen molar-refractivity contribution in [1.82, 2.24) is 9.29 Å². The highest BCUT2D eigenvalue weighted by molar-refractivity contribution is 7.98. The van der Waals surface area contributed by atoms with Crippen LogP contribution in [0.15, 0.2) is 76.5 Å². The number of thioether (sulfide) groups is 1. The zero-order valence-electron chi connectivity index (χ0n) is 18.4. The van der Waals surface area contributed by atoms with Gasteiger partial charge in [-0.15, -0.1) is 11.8 Å². The molecule has 0 aliphatic carbocycles.